The van der Waals surface area contributed by atoms with E-state index >= 15 is 0 Å². The van der Waals surface area contributed by atoms with Gasteiger partial charge in [0.15, 0.2) is 0 Å². The Morgan fingerprint density at radius 2 is 2.25 bits per heavy atom. The Hall–Kier alpha value is -1.36. The van der Waals surface area contributed by atoms with Crippen LogP contribution in [0.1, 0.15) is 30.7 Å². The monoisotopic (exact) mass is 222 g/mol. The first-order valence-corrected chi connectivity index (χ1v) is 5.67. The van der Waals surface area contributed by atoms with Crippen molar-refractivity contribution in [1.82, 2.24) is 10.2 Å². The molecular weight excluding hydrogens is 204 g/mol. The van der Waals surface area contributed by atoms with Gasteiger partial charge in [-0.15, -0.1) is 0 Å². The zero-order chi connectivity index (χ0) is 11.7. The van der Waals surface area contributed by atoms with E-state index in [4.69, 9.17) is 5.73 Å². The molecule has 1 heterocycles. The summed E-state index contributed by atoms with van der Waals surface area (Å²) < 4.78 is 0. The van der Waals surface area contributed by atoms with Crippen LogP contribution in [0.25, 0.3) is 0 Å². The maximum atomic E-state index is 12.0. The lowest BCUT2D eigenvalue weighted by atomic mass is 10.0. The Morgan fingerprint density at radius 3 is 2.75 bits per heavy atom. The Balaban J connectivity index is 2.07. The number of aromatic nitrogens is 2. The molecule has 1 aliphatic rings. The molecule has 2 rings (SSSR count). The van der Waals surface area contributed by atoms with Crippen molar-refractivity contribution in [2.75, 3.05) is 5.32 Å². The number of nitrogens with one attached hydrogen (secondary N) is 2. The van der Waals surface area contributed by atoms with Crippen molar-refractivity contribution in [3.05, 3.63) is 11.4 Å². The second-order valence-corrected chi connectivity index (χ2v) is 4.50. The molecule has 0 spiro atoms. The van der Waals surface area contributed by atoms with Gasteiger partial charge in [-0.25, -0.2) is 0 Å². The van der Waals surface area contributed by atoms with Crippen molar-refractivity contribution < 1.29 is 4.79 Å². The Kier molecular flexibility index (Phi) is 2.96. The van der Waals surface area contributed by atoms with Crippen molar-refractivity contribution in [1.29, 1.82) is 0 Å². The average molecular weight is 222 g/mol. The molecule has 0 saturated heterocycles. The first-order valence-electron chi connectivity index (χ1n) is 5.67. The van der Waals surface area contributed by atoms with E-state index in [0.717, 1.165) is 36.3 Å². The predicted octanol–water partition coefficient (Wildman–Crippen LogP) is 1.09. The second-order valence-electron chi connectivity index (χ2n) is 4.50. The maximum Gasteiger partial charge on any atom is 0.229 e. The fraction of sp³-hybridized carbons (Fsp3) is 0.636. The molecule has 0 aromatic carbocycles. The predicted molar refractivity (Wildman–Crippen MR) is 62.0 cm³/mol. The lowest BCUT2D eigenvalue weighted by Crippen LogP contribution is -2.34. The van der Waals surface area contributed by atoms with Crippen LogP contribution in [0.15, 0.2) is 0 Å². The van der Waals surface area contributed by atoms with E-state index in [0.29, 0.717) is 0 Å². The van der Waals surface area contributed by atoms with Crippen molar-refractivity contribution >= 4 is 11.6 Å². The zero-order valence-electron chi connectivity index (χ0n) is 9.71. The smallest absolute Gasteiger partial charge is 0.229 e. The summed E-state index contributed by atoms with van der Waals surface area (Å²) in [7, 11) is 0. The Bertz CT molecular complexity index is 379. The number of nitrogens with zero attached hydrogens (tertiary/aromatic N) is 1. The lowest BCUT2D eigenvalue weighted by Gasteiger charge is -2.15. The summed E-state index contributed by atoms with van der Waals surface area (Å²) in [5.41, 5.74) is 8.40. The summed E-state index contributed by atoms with van der Waals surface area (Å²) >= 11 is 0. The number of nitrogens with two attached hydrogens (primary N) is 1. The van der Waals surface area contributed by atoms with Crippen molar-refractivity contribution in [3.63, 3.8) is 0 Å². The van der Waals surface area contributed by atoms with E-state index in [1.54, 1.807) is 0 Å². The minimum absolute atomic E-state index is 0.00696. The zero-order valence-corrected chi connectivity index (χ0v) is 9.71. The Labute approximate surface area is 94.8 Å². The van der Waals surface area contributed by atoms with Gasteiger partial charge in [-0.3, -0.25) is 9.89 Å². The number of hydrogen-bond acceptors (Lipinski definition) is 3. The molecule has 88 valence electrons. The molecule has 2 atom stereocenters. The van der Waals surface area contributed by atoms with Gasteiger partial charge in [0.2, 0.25) is 5.91 Å². The van der Waals surface area contributed by atoms with Crippen LogP contribution < -0.4 is 11.1 Å². The highest BCUT2D eigenvalue weighted by Gasteiger charge is 2.30. The molecule has 16 heavy (non-hydrogen) atoms. The largest absolute Gasteiger partial charge is 0.327 e. The van der Waals surface area contributed by atoms with E-state index in [1.165, 1.54) is 0 Å². The number of carbonyl (C=O) groups is 1. The third-order valence-corrected chi connectivity index (χ3v) is 3.28. The summed E-state index contributed by atoms with van der Waals surface area (Å²) in [5, 5.41) is 9.81. The molecular formula is C11H18N4O. The third kappa shape index (κ3) is 1.95. The van der Waals surface area contributed by atoms with Gasteiger partial charge in [-0.05, 0) is 26.7 Å². The minimum atomic E-state index is -0.0475. The Morgan fingerprint density at radius 1 is 1.50 bits per heavy atom. The van der Waals surface area contributed by atoms with E-state index in [1.807, 2.05) is 13.8 Å². The topological polar surface area (TPSA) is 83.8 Å². The molecule has 0 bridgehead atoms. The van der Waals surface area contributed by atoms with E-state index < -0.39 is 0 Å². The molecule has 0 aliphatic heterocycles. The molecule has 2 unspecified atom stereocenters. The van der Waals surface area contributed by atoms with Crippen LogP contribution in [0, 0.1) is 19.8 Å². The first kappa shape index (κ1) is 11.1. The van der Waals surface area contributed by atoms with E-state index in [-0.39, 0.29) is 17.9 Å². The molecule has 0 radical (unpaired) electrons. The fourth-order valence-corrected chi connectivity index (χ4v) is 2.27. The maximum absolute atomic E-state index is 12.0. The molecule has 1 fully saturated rings. The van der Waals surface area contributed by atoms with Gasteiger partial charge in [0.1, 0.15) is 0 Å². The van der Waals surface area contributed by atoms with Gasteiger partial charge in [0, 0.05) is 6.04 Å². The SMILES string of the molecule is Cc1n[nH]c(C)c1NC(=O)C1CCCC1N. The van der Waals surface area contributed by atoms with Gasteiger partial charge in [-0.1, -0.05) is 6.42 Å². The van der Waals surface area contributed by atoms with Crippen molar-refractivity contribution in [2.45, 2.75) is 39.2 Å². The molecule has 1 saturated carbocycles. The van der Waals surface area contributed by atoms with Gasteiger partial charge < -0.3 is 11.1 Å². The molecule has 5 nitrogen and oxygen atoms in total. The highest BCUT2D eigenvalue weighted by Crippen LogP contribution is 2.26. The van der Waals surface area contributed by atoms with E-state index in [2.05, 4.69) is 15.5 Å². The van der Waals surface area contributed by atoms with Crippen LogP contribution in [0.5, 0.6) is 0 Å². The van der Waals surface area contributed by atoms with Crippen LogP contribution >= 0.6 is 0 Å². The van der Waals surface area contributed by atoms with E-state index in [9.17, 15) is 4.79 Å². The number of H-pyrrole nitrogens is 1. The number of carbonyl (C=O) groups excluding carboxylic acids is 1. The number of anilines is 1. The summed E-state index contributed by atoms with van der Waals surface area (Å²) in [6.45, 7) is 3.76. The molecule has 1 aromatic heterocycles. The van der Waals surface area contributed by atoms with Crippen molar-refractivity contribution in [2.24, 2.45) is 11.7 Å². The highest BCUT2D eigenvalue weighted by molar-refractivity contribution is 5.94. The van der Waals surface area contributed by atoms with Gasteiger partial charge in [-0.2, -0.15) is 5.10 Å². The molecule has 1 amide bonds. The molecule has 5 heteroatoms. The van der Waals surface area contributed by atoms with Gasteiger partial charge >= 0.3 is 0 Å². The highest BCUT2D eigenvalue weighted by atomic mass is 16.1. The van der Waals surface area contributed by atoms with Crippen LogP contribution in [0.4, 0.5) is 5.69 Å². The summed E-state index contributed by atoms with van der Waals surface area (Å²) in [6.07, 6.45) is 2.88. The normalized spacial score (nSPS) is 24.7. The number of aryl methyl sites for hydroxylation is 2. The summed E-state index contributed by atoms with van der Waals surface area (Å²) in [6, 6.07) is 0.00696. The first-order chi connectivity index (χ1) is 7.59. The molecule has 1 aromatic rings. The average Bonchev–Trinajstić information content (AvgIpc) is 2.79. The summed E-state index contributed by atoms with van der Waals surface area (Å²) in [4.78, 5) is 12.0. The number of hydrogen-bond donors (Lipinski definition) is 3. The standard InChI is InChI=1S/C11H18N4O/c1-6-10(7(2)15-14-6)13-11(16)8-4-3-5-9(8)12/h8-9H,3-5,12H2,1-2H3,(H,13,16)(H,14,15). The second kappa shape index (κ2) is 4.25. The number of rotatable bonds is 2. The van der Waals surface area contributed by atoms with Crippen LogP contribution in [0.3, 0.4) is 0 Å². The van der Waals surface area contributed by atoms with Gasteiger partial charge in [0.25, 0.3) is 0 Å². The third-order valence-electron chi connectivity index (χ3n) is 3.28. The quantitative estimate of drug-likeness (QED) is 0.700. The minimum Gasteiger partial charge on any atom is -0.327 e. The summed E-state index contributed by atoms with van der Waals surface area (Å²) in [5.74, 6) is -0.0219. The van der Waals surface area contributed by atoms with Crippen molar-refractivity contribution in [3.8, 4) is 0 Å². The number of amides is 1. The molecule has 1 aliphatic carbocycles. The fourth-order valence-electron chi connectivity index (χ4n) is 2.27. The molecule has 4 N–H and O–H groups in total. The van der Waals surface area contributed by atoms with Crippen LogP contribution in [-0.2, 0) is 4.79 Å². The number of aromatic amines is 1. The van der Waals surface area contributed by atoms with Gasteiger partial charge in [0.05, 0.1) is 23.0 Å². The van der Waals surface area contributed by atoms with Crippen LogP contribution in [-0.4, -0.2) is 22.1 Å². The lowest BCUT2D eigenvalue weighted by molar-refractivity contribution is -0.120. The van der Waals surface area contributed by atoms with Crippen LogP contribution in [0.2, 0.25) is 0 Å².